The van der Waals surface area contributed by atoms with E-state index in [0.29, 0.717) is 16.7 Å². The zero-order valence-corrected chi connectivity index (χ0v) is 18.0. The minimum atomic E-state index is -0.138. The molecule has 4 aromatic rings. The number of rotatable bonds is 5. The van der Waals surface area contributed by atoms with Crippen molar-refractivity contribution < 1.29 is 9.53 Å². The van der Waals surface area contributed by atoms with E-state index in [9.17, 15) is 4.79 Å². The van der Waals surface area contributed by atoms with E-state index in [1.165, 1.54) is 22.5 Å². The van der Waals surface area contributed by atoms with Crippen LogP contribution in [-0.2, 0) is 11.4 Å². The van der Waals surface area contributed by atoms with Gasteiger partial charge >= 0.3 is 0 Å². The minimum absolute atomic E-state index is 0.138. The number of carbonyl (C=O) groups is 1. The van der Waals surface area contributed by atoms with E-state index in [2.05, 4.69) is 40.6 Å². The lowest BCUT2D eigenvalue weighted by Crippen LogP contribution is -2.19. The van der Waals surface area contributed by atoms with Gasteiger partial charge in [0.05, 0.1) is 10.6 Å². The van der Waals surface area contributed by atoms with Gasteiger partial charge in [0.2, 0.25) is 0 Å². The third-order valence-corrected chi connectivity index (χ3v) is 6.00. The van der Waals surface area contributed by atoms with Crippen LogP contribution < -0.4 is 10.1 Å². The van der Waals surface area contributed by atoms with E-state index >= 15 is 0 Å². The van der Waals surface area contributed by atoms with Crippen LogP contribution >= 0.6 is 11.8 Å². The summed E-state index contributed by atoms with van der Waals surface area (Å²) >= 11 is 1.34. The number of nitrogens with zero attached hydrogens (tertiary/aromatic N) is 1. The second-order valence-corrected chi connectivity index (χ2v) is 8.34. The van der Waals surface area contributed by atoms with Gasteiger partial charge in [-0.25, -0.2) is 4.99 Å². The lowest BCUT2D eigenvalue weighted by molar-refractivity contribution is -0.115. The van der Waals surface area contributed by atoms with Crippen molar-refractivity contribution in [1.82, 2.24) is 5.32 Å². The van der Waals surface area contributed by atoms with Crippen LogP contribution in [0.25, 0.3) is 16.8 Å². The lowest BCUT2D eigenvalue weighted by atomic mass is 10.1. The number of amides is 1. The summed E-state index contributed by atoms with van der Waals surface area (Å²) in [6.45, 7) is 0.499. The molecule has 0 radical (unpaired) electrons. The average molecular weight is 437 g/mol. The molecule has 0 aliphatic carbocycles. The van der Waals surface area contributed by atoms with Crippen LogP contribution in [-0.4, -0.2) is 11.1 Å². The van der Waals surface area contributed by atoms with E-state index in [-0.39, 0.29) is 5.91 Å². The smallest absolute Gasteiger partial charge is 0.264 e. The molecule has 1 heterocycles. The van der Waals surface area contributed by atoms with Crippen LogP contribution in [0.2, 0.25) is 0 Å². The van der Waals surface area contributed by atoms with Gasteiger partial charge in [0, 0.05) is 0 Å². The van der Waals surface area contributed by atoms with Crippen LogP contribution in [0, 0.1) is 0 Å². The Morgan fingerprint density at radius 1 is 0.844 bits per heavy atom. The summed E-state index contributed by atoms with van der Waals surface area (Å²) in [5, 5.41) is 5.81. The van der Waals surface area contributed by atoms with Crippen LogP contribution in [0.3, 0.4) is 0 Å². The second kappa shape index (κ2) is 9.12. The second-order valence-electron chi connectivity index (χ2n) is 7.31. The van der Waals surface area contributed by atoms with Crippen LogP contribution in [0.5, 0.6) is 5.75 Å². The highest BCUT2D eigenvalue weighted by atomic mass is 32.2. The SMILES string of the molecule is O=C1NC(=Nc2ccccc2)S/C1=C\c1ccc(OCc2cccc3ccccc23)cc1. The fraction of sp³-hybridized carbons (Fsp3) is 0.0370. The van der Waals surface area contributed by atoms with E-state index in [1.807, 2.05) is 72.8 Å². The van der Waals surface area contributed by atoms with Crippen molar-refractivity contribution in [3.8, 4) is 5.75 Å². The monoisotopic (exact) mass is 436 g/mol. The molecule has 0 unspecified atom stereocenters. The molecule has 32 heavy (non-hydrogen) atoms. The third-order valence-electron chi connectivity index (χ3n) is 5.09. The molecule has 0 atom stereocenters. The number of hydrogen-bond donors (Lipinski definition) is 1. The molecule has 1 aliphatic rings. The average Bonchev–Trinajstić information content (AvgIpc) is 3.17. The Bertz CT molecular complexity index is 1320. The Balaban J connectivity index is 1.26. The molecule has 1 fully saturated rings. The number of benzene rings is 4. The summed E-state index contributed by atoms with van der Waals surface area (Å²) in [6, 6.07) is 31.9. The molecular formula is C27H20N2O2S. The number of ether oxygens (including phenoxy) is 1. The molecule has 5 heteroatoms. The van der Waals surface area contributed by atoms with Crippen molar-refractivity contribution in [2.45, 2.75) is 6.61 Å². The van der Waals surface area contributed by atoms with E-state index in [1.54, 1.807) is 0 Å². The molecule has 4 nitrogen and oxygen atoms in total. The quantitative estimate of drug-likeness (QED) is 0.373. The molecule has 1 N–H and O–H groups in total. The van der Waals surface area contributed by atoms with Crippen molar-refractivity contribution in [1.29, 1.82) is 0 Å². The maximum Gasteiger partial charge on any atom is 0.264 e. The summed E-state index contributed by atoms with van der Waals surface area (Å²) in [6.07, 6.45) is 1.86. The summed E-state index contributed by atoms with van der Waals surface area (Å²) < 4.78 is 6.01. The number of para-hydroxylation sites is 1. The Morgan fingerprint density at radius 3 is 2.44 bits per heavy atom. The maximum atomic E-state index is 12.3. The molecule has 1 aliphatic heterocycles. The molecular weight excluding hydrogens is 416 g/mol. The predicted molar refractivity (Wildman–Crippen MR) is 132 cm³/mol. The summed E-state index contributed by atoms with van der Waals surface area (Å²) in [5.74, 6) is 0.649. The highest BCUT2D eigenvalue weighted by Gasteiger charge is 2.23. The van der Waals surface area contributed by atoms with Gasteiger partial charge in [0.25, 0.3) is 5.91 Å². The number of amidine groups is 1. The molecule has 0 bridgehead atoms. The summed E-state index contributed by atoms with van der Waals surface area (Å²) in [5.41, 5.74) is 2.89. The lowest BCUT2D eigenvalue weighted by Gasteiger charge is -2.09. The normalized spacial score (nSPS) is 15.9. The largest absolute Gasteiger partial charge is 0.489 e. The van der Waals surface area contributed by atoms with Crippen molar-refractivity contribution in [2.24, 2.45) is 4.99 Å². The fourth-order valence-electron chi connectivity index (χ4n) is 3.49. The standard InChI is InChI=1S/C27H20N2O2S/c30-26-25(32-27(29-26)28-22-10-2-1-3-11-22)17-19-13-15-23(16-14-19)31-18-21-9-6-8-20-7-4-5-12-24(20)21/h1-17H,18H2,(H,28,29,30)/b25-17-. The van der Waals surface area contributed by atoms with Crippen molar-refractivity contribution in [3.63, 3.8) is 0 Å². The zero-order chi connectivity index (χ0) is 21.8. The Hall–Kier alpha value is -3.83. The number of aliphatic imine (C=N–C) groups is 1. The first-order chi connectivity index (χ1) is 15.7. The van der Waals surface area contributed by atoms with Gasteiger partial charge in [-0.2, -0.15) is 0 Å². The molecule has 0 saturated carbocycles. The third kappa shape index (κ3) is 4.58. The van der Waals surface area contributed by atoms with E-state index in [0.717, 1.165) is 22.6 Å². The van der Waals surface area contributed by atoms with Crippen molar-refractivity contribution in [2.75, 3.05) is 0 Å². The van der Waals surface area contributed by atoms with Crippen LogP contribution in [0.1, 0.15) is 11.1 Å². The minimum Gasteiger partial charge on any atom is -0.489 e. The van der Waals surface area contributed by atoms with Crippen LogP contribution in [0.4, 0.5) is 5.69 Å². The fourth-order valence-corrected chi connectivity index (χ4v) is 4.33. The number of fused-ring (bicyclic) bond motifs is 1. The Morgan fingerprint density at radius 2 is 1.59 bits per heavy atom. The van der Waals surface area contributed by atoms with Crippen molar-refractivity contribution in [3.05, 3.63) is 113 Å². The van der Waals surface area contributed by atoms with Gasteiger partial charge in [0.15, 0.2) is 5.17 Å². The molecule has 1 amide bonds. The van der Waals surface area contributed by atoms with Gasteiger partial charge in [0.1, 0.15) is 12.4 Å². The topological polar surface area (TPSA) is 50.7 Å². The highest BCUT2D eigenvalue weighted by Crippen LogP contribution is 2.28. The first kappa shape index (κ1) is 20.1. The van der Waals surface area contributed by atoms with Gasteiger partial charge in [-0.3, -0.25) is 4.79 Å². The molecule has 4 aromatic carbocycles. The Labute approximate surface area is 190 Å². The first-order valence-electron chi connectivity index (χ1n) is 10.3. The van der Waals surface area contributed by atoms with E-state index < -0.39 is 0 Å². The number of hydrogen-bond acceptors (Lipinski definition) is 4. The van der Waals surface area contributed by atoms with Gasteiger partial charge in [-0.15, -0.1) is 0 Å². The van der Waals surface area contributed by atoms with Crippen LogP contribution in [0.15, 0.2) is 107 Å². The van der Waals surface area contributed by atoms with Gasteiger partial charge < -0.3 is 10.1 Å². The Kier molecular flexibility index (Phi) is 5.73. The van der Waals surface area contributed by atoms with Crippen molar-refractivity contribution >= 4 is 45.4 Å². The number of thioether (sulfide) groups is 1. The highest BCUT2D eigenvalue weighted by molar-refractivity contribution is 8.18. The molecule has 0 aromatic heterocycles. The van der Waals surface area contributed by atoms with Gasteiger partial charge in [-0.05, 0) is 64.0 Å². The number of nitrogens with one attached hydrogen (secondary N) is 1. The molecule has 156 valence electrons. The predicted octanol–water partition coefficient (Wildman–Crippen LogP) is 6.31. The van der Waals surface area contributed by atoms with Gasteiger partial charge in [-0.1, -0.05) is 72.8 Å². The maximum absolute atomic E-state index is 12.3. The first-order valence-corrected chi connectivity index (χ1v) is 11.1. The zero-order valence-electron chi connectivity index (χ0n) is 17.2. The summed E-state index contributed by atoms with van der Waals surface area (Å²) in [4.78, 5) is 17.4. The summed E-state index contributed by atoms with van der Waals surface area (Å²) in [7, 11) is 0. The molecule has 5 rings (SSSR count). The molecule has 0 spiro atoms. The molecule has 1 saturated heterocycles. The number of carbonyl (C=O) groups excluding carboxylic acids is 1. The van der Waals surface area contributed by atoms with E-state index in [4.69, 9.17) is 4.74 Å².